The fraction of sp³-hybridized carbons (Fsp3) is 0.350. The van der Waals surface area contributed by atoms with Crippen molar-refractivity contribution in [2.24, 2.45) is 0 Å². The largest absolute Gasteiger partial charge is 0.493 e. The van der Waals surface area contributed by atoms with Crippen LogP contribution < -0.4 is 14.8 Å². The molecular formula is C20H23NO4. The zero-order chi connectivity index (χ0) is 17.6. The summed E-state index contributed by atoms with van der Waals surface area (Å²) in [5, 5.41) is 3.31. The Balaban J connectivity index is 1.76. The van der Waals surface area contributed by atoms with Crippen LogP contribution in [0.2, 0.25) is 0 Å². The number of ether oxygens (including phenoxy) is 3. The molecule has 0 aromatic heterocycles. The predicted octanol–water partition coefficient (Wildman–Crippen LogP) is 3.01. The quantitative estimate of drug-likeness (QED) is 0.847. The molecule has 1 aliphatic rings. The van der Waals surface area contributed by atoms with Gasteiger partial charge in [0.2, 0.25) is 0 Å². The van der Waals surface area contributed by atoms with Gasteiger partial charge in [-0.1, -0.05) is 30.3 Å². The predicted molar refractivity (Wildman–Crippen MR) is 95.4 cm³/mol. The molecule has 2 aromatic rings. The maximum atomic E-state index is 12.6. The Morgan fingerprint density at radius 1 is 1.04 bits per heavy atom. The number of benzene rings is 2. The van der Waals surface area contributed by atoms with Crippen LogP contribution in [0, 0.1) is 0 Å². The molecule has 2 atom stereocenters. The van der Waals surface area contributed by atoms with Crippen LogP contribution in [-0.4, -0.2) is 39.4 Å². The van der Waals surface area contributed by atoms with Crippen molar-refractivity contribution in [3.63, 3.8) is 0 Å². The summed E-state index contributed by atoms with van der Waals surface area (Å²) in [6.07, 6.45) is 0.741. The van der Waals surface area contributed by atoms with Crippen LogP contribution in [0.15, 0.2) is 48.5 Å². The van der Waals surface area contributed by atoms with E-state index >= 15 is 0 Å². The molecule has 1 heterocycles. The van der Waals surface area contributed by atoms with Crippen molar-refractivity contribution in [1.82, 2.24) is 5.32 Å². The highest BCUT2D eigenvalue weighted by molar-refractivity contribution is 5.90. The van der Waals surface area contributed by atoms with Gasteiger partial charge >= 0.3 is 5.97 Å². The number of esters is 1. The third-order valence-corrected chi connectivity index (χ3v) is 4.53. The number of methoxy groups -OCH3 is 2. The minimum Gasteiger partial charge on any atom is -0.493 e. The molecule has 5 heteroatoms. The minimum atomic E-state index is -0.351. The molecule has 2 aromatic carbocycles. The van der Waals surface area contributed by atoms with E-state index in [-0.39, 0.29) is 18.0 Å². The van der Waals surface area contributed by atoms with Gasteiger partial charge in [-0.15, -0.1) is 0 Å². The van der Waals surface area contributed by atoms with Crippen LogP contribution in [0.25, 0.3) is 0 Å². The molecule has 5 nitrogen and oxygen atoms in total. The molecule has 0 spiro atoms. The lowest BCUT2D eigenvalue weighted by atomic mass is 9.88. The van der Waals surface area contributed by atoms with E-state index in [1.165, 1.54) is 5.56 Å². The highest BCUT2D eigenvalue weighted by Gasteiger charge is 2.30. The van der Waals surface area contributed by atoms with Gasteiger partial charge in [0.1, 0.15) is 6.10 Å². The Bertz CT molecular complexity index is 717. The Labute approximate surface area is 147 Å². The zero-order valence-corrected chi connectivity index (χ0v) is 14.5. The van der Waals surface area contributed by atoms with Crippen LogP contribution in [-0.2, 0) is 4.74 Å². The van der Waals surface area contributed by atoms with Crippen LogP contribution in [0.5, 0.6) is 11.5 Å². The lowest BCUT2D eigenvalue weighted by molar-refractivity contribution is 0.0182. The second-order valence-electron chi connectivity index (χ2n) is 6.02. The summed E-state index contributed by atoms with van der Waals surface area (Å²) in [7, 11) is 3.11. The van der Waals surface area contributed by atoms with Crippen molar-refractivity contribution in [2.75, 3.05) is 27.3 Å². The lowest BCUT2D eigenvalue weighted by Crippen LogP contribution is -2.42. The van der Waals surface area contributed by atoms with Crippen molar-refractivity contribution in [3.05, 3.63) is 59.7 Å². The lowest BCUT2D eigenvalue weighted by Gasteiger charge is -2.32. The summed E-state index contributed by atoms with van der Waals surface area (Å²) in [5.41, 5.74) is 1.66. The molecule has 0 bridgehead atoms. The summed E-state index contributed by atoms with van der Waals surface area (Å²) in [6, 6.07) is 15.3. The van der Waals surface area contributed by atoms with Crippen molar-refractivity contribution >= 4 is 5.97 Å². The van der Waals surface area contributed by atoms with Crippen molar-refractivity contribution < 1.29 is 19.0 Å². The van der Waals surface area contributed by atoms with Gasteiger partial charge in [-0.3, -0.25) is 0 Å². The van der Waals surface area contributed by atoms with Crippen molar-refractivity contribution in [2.45, 2.75) is 18.4 Å². The van der Waals surface area contributed by atoms with E-state index < -0.39 is 0 Å². The number of hydrogen-bond acceptors (Lipinski definition) is 5. The van der Waals surface area contributed by atoms with Crippen LogP contribution in [0.4, 0.5) is 0 Å². The van der Waals surface area contributed by atoms with Gasteiger partial charge in [0.05, 0.1) is 19.8 Å². The second-order valence-corrected chi connectivity index (χ2v) is 6.02. The van der Waals surface area contributed by atoms with Gasteiger partial charge in [0.15, 0.2) is 11.5 Å². The van der Waals surface area contributed by atoms with E-state index in [1.54, 1.807) is 32.4 Å². The van der Waals surface area contributed by atoms with E-state index in [2.05, 4.69) is 17.4 Å². The van der Waals surface area contributed by atoms with E-state index in [9.17, 15) is 4.79 Å². The first kappa shape index (κ1) is 17.3. The summed E-state index contributed by atoms with van der Waals surface area (Å²) in [6.45, 7) is 1.57. The van der Waals surface area contributed by atoms with Crippen LogP contribution >= 0.6 is 0 Å². The molecule has 1 saturated heterocycles. The Kier molecular flexibility index (Phi) is 5.56. The number of nitrogens with one attached hydrogen (secondary N) is 1. The number of hydrogen-bond donors (Lipinski definition) is 1. The molecule has 0 radical (unpaired) electrons. The third-order valence-electron chi connectivity index (χ3n) is 4.53. The number of carbonyl (C=O) groups is 1. The molecule has 132 valence electrons. The first-order valence-electron chi connectivity index (χ1n) is 8.41. The highest BCUT2D eigenvalue weighted by atomic mass is 16.5. The minimum absolute atomic E-state index is 0.197. The summed E-state index contributed by atoms with van der Waals surface area (Å²) in [4.78, 5) is 12.6. The number of piperidine rings is 1. The van der Waals surface area contributed by atoms with E-state index in [0.717, 1.165) is 13.0 Å². The molecule has 0 saturated carbocycles. The first-order valence-corrected chi connectivity index (χ1v) is 8.41. The van der Waals surface area contributed by atoms with E-state index in [4.69, 9.17) is 14.2 Å². The Morgan fingerprint density at radius 3 is 2.52 bits per heavy atom. The molecule has 3 rings (SSSR count). The molecule has 1 aliphatic heterocycles. The molecule has 1 N–H and O–H groups in total. The van der Waals surface area contributed by atoms with Gasteiger partial charge < -0.3 is 19.5 Å². The maximum absolute atomic E-state index is 12.6. The van der Waals surface area contributed by atoms with Crippen LogP contribution in [0.3, 0.4) is 0 Å². The SMILES string of the molecule is COc1ccc(C(=O)O[C@H]2CNCC[C@@H]2c2ccccc2)cc1OC. The second kappa shape index (κ2) is 8.03. The van der Waals surface area contributed by atoms with Crippen molar-refractivity contribution in [1.29, 1.82) is 0 Å². The molecular weight excluding hydrogens is 318 g/mol. The average Bonchev–Trinajstić information content (AvgIpc) is 2.68. The van der Waals surface area contributed by atoms with Crippen LogP contribution in [0.1, 0.15) is 28.3 Å². The summed E-state index contributed by atoms with van der Waals surface area (Å²) < 4.78 is 16.3. The number of carbonyl (C=O) groups excluding carboxylic acids is 1. The normalized spacial score (nSPS) is 19.9. The molecule has 0 aliphatic carbocycles. The smallest absolute Gasteiger partial charge is 0.338 e. The average molecular weight is 341 g/mol. The maximum Gasteiger partial charge on any atom is 0.338 e. The third kappa shape index (κ3) is 3.94. The Morgan fingerprint density at radius 2 is 1.80 bits per heavy atom. The number of rotatable bonds is 5. The summed E-state index contributed by atoms with van der Waals surface area (Å²) in [5.74, 6) is 0.945. The Hall–Kier alpha value is -2.53. The molecule has 0 amide bonds. The van der Waals surface area contributed by atoms with E-state index in [0.29, 0.717) is 23.6 Å². The molecule has 0 unspecified atom stereocenters. The molecule has 1 fully saturated rings. The molecule has 25 heavy (non-hydrogen) atoms. The monoisotopic (exact) mass is 341 g/mol. The van der Waals surface area contributed by atoms with Gasteiger partial charge in [0, 0.05) is 12.5 Å². The van der Waals surface area contributed by atoms with Gasteiger partial charge in [-0.05, 0) is 36.7 Å². The van der Waals surface area contributed by atoms with Gasteiger partial charge in [-0.2, -0.15) is 0 Å². The first-order chi connectivity index (χ1) is 12.2. The van der Waals surface area contributed by atoms with Gasteiger partial charge in [-0.25, -0.2) is 4.79 Å². The van der Waals surface area contributed by atoms with Crippen molar-refractivity contribution in [3.8, 4) is 11.5 Å². The fourth-order valence-corrected chi connectivity index (χ4v) is 3.20. The topological polar surface area (TPSA) is 56.8 Å². The standard InChI is InChI=1S/C20H23NO4/c1-23-17-9-8-15(12-18(17)24-2)20(22)25-19-13-21-11-10-16(19)14-6-4-3-5-7-14/h3-9,12,16,19,21H,10-11,13H2,1-2H3/t16-,19+/m1/s1. The fourth-order valence-electron chi connectivity index (χ4n) is 3.20. The zero-order valence-electron chi connectivity index (χ0n) is 14.5. The summed E-state index contributed by atoms with van der Waals surface area (Å²) >= 11 is 0. The highest BCUT2D eigenvalue weighted by Crippen LogP contribution is 2.30. The van der Waals surface area contributed by atoms with Gasteiger partial charge in [0.25, 0.3) is 0 Å². The van der Waals surface area contributed by atoms with E-state index in [1.807, 2.05) is 18.2 Å².